The van der Waals surface area contributed by atoms with Crippen molar-refractivity contribution in [2.75, 3.05) is 40.6 Å². The molecule has 0 spiro atoms. The number of allylic oxidation sites excluding steroid dienone is 2. The van der Waals surface area contributed by atoms with E-state index < -0.39 is 22.8 Å². The van der Waals surface area contributed by atoms with Gasteiger partial charge in [0, 0.05) is 37.7 Å². The maximum absolute atomic E-state index is 12.9. The van der Waals surface area contributed by atoms with Crippen LogP contribution in [0.1, 0.15) is 25.3 Å². The first-order valence-electron chi connectivity index (χ1n) is 9.56. The third-order valence-electron chi connectivity index (χ3n) is 4.66. The molecule has 1 heterocycles. The largest absolute Gasteiger partial charge is 0.460 e. The van der Waals surface area contributed by atoms with E-state index in [1.807, 2.05) is 0 Å². The summed E-state index contributed by atoms with van der Waals surface area (Å²) in [5, 5.41) is 14.3. The molecular formula is C21H26N2O8. The number of ether oxygens (including phenoxy) is 4. The molecule has 31 heavy (non-hydrogen) atoms. The number of non-ortho nitro benzene ring substituents is 1. The Morgan fingerprint density at radius 1 is 0.968 bits per heavy atom. The number of dihydropyridines is 1. The van der Waals surface area contributed by atoms with Crippen LogP contribution in [0.5, 0.6) is 0 Å². The zero-order chi connectivity index (χ0) is 23.0. The predicted octanol–water partition coefficient (Wildman–Crippen LogP) is 2.21. The summed E-state index contributed by atoms with van der Waals surface area (Å²) in [6.07, 6.45) is 0. The SMILES string of the molecule is COCCOC(=O)C1=C(C)NC(C)=C(C(=O)OCCOC)C1c1cccc([N+](=O)[O-])c1. The van der Waals surface area contributed by atoms with Crippen LogP contribution >= 0.6 is 0 Å². The number of benzene rings is 1. The summed E-state index contributed by atoms with van der Waals surface area (Å²) in [6, 6.07) is 5.79. The van der Waals surface area contributed by atoms with E-state index in [2.05, 4.69) is 5.32 Å². The molecule has 1 aromatic carbocycles. The fourth-order valence-corrected chi connectivity index (χ4v) is 3.28. The quantitative estimate of drug-likeness (QED) is 0.255. The van der Waals surface area contributed by atoms with Crippen LogP contribution in [0.15, 0.2) is 46.8 Å². The number of carbonyl (C=O) groups is 2. The summed E-state index contributed by atoms with van der Waals surface area (Å²) < 4.78 is 20.4. The topological polar surface area (TPSA) is 126 Å². The summed E-state index contributed by atoms with van der Waals surface area (Å²) in [5.41, 5.74) is 1.52. The second kappa shape index (κ2) is 11.2. The molecule has 1 aliphatic heterocycles. The highest BCUT2D eigenvalue weighted by atomic mass is 16.6. The Morgan fingerprint density at radius 3 is 1.94 bits per heavy atom. The molecule has 0 radical (unpaired) electrons. The number of hydrogen-bond donors (Lipinski definition) is 1. The van der Waals surface area contributed by atoms with Crippen LogP contribution in [0.2, 0.25) is 0 Å². The van der Waals surface area contributed by atoms with Crippen LogP contribution < -0.4 is 5.32 Å². The van der Waals surface area contributed by atoms with Crippen molar-refractivity contribution in [3.63, 3.8) is 0 Å². The zero-order valence-electron chi connectivity index (χ0n) is 17.9. The van der Waals surface area contributed by atoms with Crippen LogP contribution in [0.4, 0.5) is 5.69 Å². The lowest BCUT2D eigenvalue weighted by molar-refractivity contribution is -0.384. The minimum atomic E-state index is -0.911. The standard InChI is InChI=1S/C21H26N2O8/c1-13-17(20(24)30-10-8-28-3)19(15-6-5-7-16(12-15)23(26)27)18(14(2)22-13)21(25)31-11-9-29-4/h5-7,12,19,22H,8-11H2,1-4H3. The number of hydrogen-bond acceptors (Lipinski definition) is 9. The predicted molar refractivity (Wildman–Crippen MR) is 110 cm³/mol. The summed E-state index contributed by atoms with van der Waals surface area (Å²) in [7, 11) is 2.96. The number of nitro groups is 1. The van der Waals surface area contributed by atoms with E-state index in [4.69, 9.17) is 18.9 Å². The minimum absolute atomic E-state index is 0.0179. The number of nitrogens with one attached hydrogen (secondary N) is 1. The lowest BCUT2D eigenvalue weighted by Crippen LogP contribution is -2.33. The van der Waals surface area contributed by atoms with Gasteiger partial charge in [-0.1, -0.05) is 12.1 Å². The average Bonchev–Trinajstić information content (AvgIpc) is 2.73. The van der Waals surface area contributed by atoms with Crippen molar-refractivity contribution in [1.29, 1.82) is 0 Å². The van der Waals surface area contributed by atoms with Gasteiger partial charge in [-0.05, 0) is 19.4 Å². The monoisotopic (exact) mass is 434 g/mol. The van der Waals surface area contributed by atoms with Crippen LogP contribution in [-0.4, -0.2) is 57.5 Å². The van der Waals surface area contributed by atoms with E-state index in [1.165, 1.54) is 32.4 Å². The molecule has 0 saturated heterocycles. The van der Waals surface area contributed by atoms with Gasteiger partial charge in [-0.15, -0.1) is 0 Å². The first-order valence-corrected chi connectivity index (χ1v) is 9.56. The zero-order valence-corrected chi connectivity index (χ0v) is 17.9. The van der Waals surface area contributed by atoms with E-state index in [-0.39, 0.29) is 43.3 Å². The number of carbonyl (C=O) groups excluding carboxylic acids is 2. The van der Waals surface area contributed by atoms with Gasteiger partial charge in [0.15, 0.2) is 0 Å². The smallest absolute Gasteiger partial charge is 0.336 e. The number of methoxy groups -OCH3 is 2. The summed E-state index contributed by atoms with van der Waals surface area (Å²) in [5.74, 6) is -2.23. The van der Waals surface area contributed by atoms with Crippen molar-refractivity contribution >= 4 is 17.6 Å². The molecular weight excluding hydrogens is 408 g/mol. The molecule has 10 nitrogen and oxygen atoms in total. The van der Waals surface area contributed by atoms with Crippen molar-refractivity contribution < 1.29 is 33.5 Å². The van der Waals surface area contributed by atoms with Gasteiger partial charge in [0.25, 0.3) is 5.69 Å². The van der Waals surface area contributed by atoms with Gasteiger partial charge in [-0.2, -0.15) is 0 Å². The summed E-state index contributed by atoms with van der Waals surface area (Å²) >= 11 is 0. The molecule has 1 aromatic rings. The molecule has 0 amide bonds. The van der Waals surface area contributed by atoms with Gasteiger partial charge < -0.3 is 24.3 Å². The van der Waals surface area contributed by atoms with E-state index in [0.717, 1.165) is 0 Å². The van der Waals surface area contributed by atoms with Crippen molar-refractivity contribution in [1.82, 2.24) is 5.32 Å². The number of nitrogens with zero attached hydrogens (tertiary/aromatic N) is 1. The van der Waals surface area contributed by atoms with Crippen molar-refractivity contribution in [2.45, 2.75) is 19.8 Å². The lowest BCUT2D eigenvalue weighted by atomic mass is 9.80. The maximum Gasteiger partial charge on any atom is 0.336 e. The van der Waals surface area contributed by atoms with Gasteiger partial charge in [0.05, 0.1) is 35.2 Å². The fraction of sp³-hybridized carbons (Fsp3) is 0.429. The second-order valence-electron chi connectivity index (χ2n) is 6.74. The van der Waals surface area contributed by atoms with Crippen molar-refractivity contribution in [2.24, 2.45) is 0 Å². The summed E-state index contributed by atoms with van der Waals surface area (Å²) in [4.78, 5) is 36.6. The highest BCUT2D eigenvalue weighted by Crippen LogP contribution is 2.40. The molecule has 0 aliphatic carbocycles. The Hall–Kier alpha value is -3.24. The Balaban J connectivity index is 2.54. The Kier molecular flexibility index (Phi) is 8.71. The van der Waals surface area contributed by atoms with Crippen LogP contribution in [0.3, 0.4) is 0 Å². The molecule has 1 aliphatic rings. The fourth-order valence-electron chi connectivity index (χ4n) is 3.28. The Morgan fingerprint density at radius 2 is 1.48 bits per heavy atom. The maximum atomic E-state index is 12.9. The van der Waals surface area contributed by atoms with Gasteiger partial charge in [0.1, 0.15) is 13.2 Å². The first kappa shape index (κ1) is 24.0. The van der Waals surface area contributed by atoms with Crippen molar-refractivity contribution in [3.05, 3.63) is 62.5 Å². The molecule has 0 unspecified atom stereocenters. The van der Waals surface area contributed by atoms with Crippen LogP contribution in [0, 0.1) is 10.1 Å². The summed E-state index contributed by atoms with van der Waals surface area (Å²) in [6.45, 7) is 3.79. The van der Waals surface area contributed by atoms with Gasteiger partial charge >= 0.3 is 11.9 Å². The first-order chi connectivity index (χ1) is 14.8. The Labute approximate surface area is 180 Å². The van der Waals surface area contributed by atoms with Gasteiger partial charge in [-0.25, -0.2) is 9.59 Å². The van der Waals surface area contributed by atoms with E-state index in [0.29, 0.717) is 17.0 Å². The molecule has 2 rings (SSSR count). The molecule has 168 valence electrons. The molecule has 1 N–H and O–H groups in total. The van der Waals surface area contributed by atoms with Crippen LogP contribution in [0.25, 0.3) is 0 Å². The van der Waals surface area contributed by atoms with E-state index >= 15 is 0 Å². The number of rotatable bonds is 10. The molecule has 0 saturated carbocycles. The highest BCUT2D eigenvalue weighted by molar-refractivity contribution is 6.00. The van der Waals surface area contributed by atoms with E-state index in [1.54, 1.807) is 19.9 Å². The minimum Gasteiger partial charge on any atom is -0.460 e. The molecule has 0 bridgehead atoms. The third kappa shape index (κ3) is 5.89. The van der Waals surface area contributed by atoms with Gasteiger partial charge in [0.2, 0.25) is 0 Å². The number of esters is 2. The third-order valence-corrected chi connectivity index (χ3v) is 4.66. The van der Waals surface area contributed by atoms with Crippen LogP contribution in [-0.2, 0) is 28.5 Å². The highest BCUT2D eigenvalue weighted by Gasteiger charge is 2.38. The molecule has 0 atom stereocenters. The molecule has 10 heteroatoms. The molecule has 0 aromatic heterocycles. The average molecular weight is 434 g/mol. The van der Waals surface area contributed by atoms with Crippen molar-refractivity contribution in [3.8, 4) is 0 Å². The molecule has 0 fully saturated rings. The van der Waals surface area contributed by atoms with Gasteiger partial charge in [-0.3, -0.25) is 10.1 Å². The number of nitro benzene ring substituents is 1. The Bertz CT molecular complexity index is 862. The lowest BCUT2D eigenvalue weighted by Gasteiger charge is -2.30. The normalized spacial score (nSPS) is 14.3. The van der Waals surface area contributed by atoms with E-state index in [9.17, 15) is 19.7 Å². The second-order valence-corrected chi connectivity index (χ2v) is 6.74.